The van der Waals surface area contributed by atoms with Crippen LogP contribution in [0.5, 0.6) is 0 Å². The Labute approximate surface area is 193 Å². The van der Waals surface area contributed by atoms with Crippen LogP contribution < -0.4 is 11.5 Å². The number of rotatable bonds is 2. The molecule has 33 heavy (non-hydrogen) atoms. The van der Waals surface area contributed by atoms with E-state index >= 15 is 0 Å². The Balaban J connectivity index is 1.92. The Bertz CT molecular complexity index is 1380. The monoisotopic (exact) mass is 500 g/mol. The molecule has 3 aromatic rings. The molecule has 2 heterocycles. The first-order valence-corrected chi connectivity index (χ1v) is 11.5. The van der Waals surface area contributed by atoms with E-state index in [1.165, 1.54) is 28.6 Å². The van der Waals surface area contributed by atoms with Crippen molar-refractivity contribution in [3.8, 4) is 16.8 Å². The van der Waals surface area contributed by atoms with Gasteiger partial charge in [0, 0.05) is 17.6 Å². The SMILES string of the molecule is CC(C)(C)N1Cc2ccc(-c3c(Cl)cc(-n4nc(N)nc4N)cc3C(F)(F)F)cc2S1(=O)=O. The van der Waals surface area contributed by atoms with Crippen molar-refractivity contribution in [2.75, 3.05) is 11.5 Å². The van der Waals surface area contributed by atoms with Crippen LogP contribution in [0.1, 0.15) is 31.9 Å². The molecule has 2 aromatic carbocycles. The highest BCUT2D eigenvalue weighted by molar-refractivity contribution is 7.89. The van der Waals surface area contributed by atoms with Crippen molar-refractivity contribution in [3.05, 3.63) is 46.5 Å². The van der Waals surface area contributed by atoms with Crippen LogP contribution in [0, 0.1) is 0 Å². The summed E-state index contributed by atoms with van der Waals surface area (Å²) in [5, 5.41) is 3.52. The van der Waals surface area contributed by atoms with Crippen LogP contribution in [-0.2, 0) is 22.7 Å². The quantitative estimate of drug-likeness (QED) is 0.547. The average Bonchev–Trinajstić information content (AvgIpc) is 3.15. The number of nitrogen functional groups attached to an aromatic ring is 2. The molecular weight excluding hydrogens is 481 g/mol. The number of nitrogens with zero attached hydrogens (tertiary/aromatic N) is 4. The third-order valence-electron chi connectivity index (χ3n) is 5.26. The Morgan fingerprint density at radius 3 is 2.30 bits per heavy atom. The lowest BCUT2D eigenvalue weighted by Crippen LogP contribution is -2.41. The number of benzene rings is 2. The first-order valence-electron chi connectivity index (χ1n) is 9.66. The second-order valence-corrected chi connectivity index (χ2v) is 10.8. The summed E-state index contributed by atoms with van der Waals surface area (Å²) in [6, 6.07) is 6.22. The standard InChI is InChI=1S/C20H20ClF3N6O2S/c1-19(2,3)29-9-11-5-4-10(6-15(11)33(29,31)32)16-13(20(22,23)24)7-12(8-14(16)21)30-18(26)27-17(25)28-30/h4-8H,9H2,1-3H3,(H4,25,26,27,28). The van der Waals surface area contributed by atoms with Crippen LogP contribution in [0.15, 0.2) is 35.2 Å². The van der Waals surface area contributed by atoms with Gasteiger partial charge in [0.1, 0.15) is 0 Å². The van der Waals surface area contributed by atoms with Gasteiger partial charge in [0.2, 0.25) is 21.9 Å². The lowest BCUT2D eigenvalue weighted by Gasteiger charge is -2.29. The van der Waals surface area contributed by atoms with Crippen molar-refractivity contribution >= 4 is 33.5 Å². The van der Waals surface area contributed by atoms with E-state index in [2.05, 4.69) is 10.1 Å². The summed E-state index contributed by atoms with van der Waals surface area (Å²) in [6.45, 7) is 5.37. The van der Waals surface area contributed by atoms with E-state index in [9.17, 15) is 21.6 Å². The van der Waals surface area contributed by atoms with Gasteiger partial charge in [0.05, 0.1) is 21.2 Å². The molecule has 1 aliphatic rings. The van der Waals surface area contributed by atoms with Crippen molar-refractivity contribution in [2.24, 2.45) is 0 Å². The lowest BCUT2D eigenvalue weighted by atomic mass is 9.97. The van der Waals surface area contributed by atoms with Gasteiger partial charge in [-0.05, 0) is 50.1 Å². The van der Waals surface area contributed by atoms with Gasteiger partial charge >= 0.3 is 6.18 Å². The number of anilines is 2. The topological polar surface area (TPSA) is 120 Å². The molecule has 0 atom stereocenters. The maximum Gasteiger partial charge on any atom is 0.417 e. The maximum absolute atomic E-state index is 14.1. The van der Waals surface area contributed by atoms with Gasteiger partial charge in [-0.15, -0.1) is 5.10 Å². The van der Waals surface area contributed by atoms with Crippen LogP contribution in [0.4, 0.5) is 25.1 Å². The van der Waals surface area contributed by atoms with Crippen LogP contribution >= 0.6 is 11.6 Å². The van der Waals surface area contributed by atoms with E-state index < -0.39 is 27.3 Å². The van der Waals surface area contributed by atoms with Crippen LogP contribution in [0.3, 0.4) is 0 Å². The molecule has 4 rings (SSSR count). The van der Waals surface area contributed by atoms with Crippen LogP contribution in [-0.4, -0.2) is 33.0 Å². The third kappa shape index (κ3) is 3.91. The normalized spacial score (nSPS) is 16.2. The minimum atomic E-state index is -4.81. The predicted molar refractivity (Wildman–Crippen MR) is 118 cm³/mol. The minimum Gasteiger partial charge on any atom is -0.368 e. The minimum absolute atomic E-state index is 0.0167. The second kappa shape index (κ2) is 7.34. The lowest BCUT2D eigenvalue weighted by molar-refractivity contribution is -0.137. The fraction of sp³-hybridized carbons (Fsp3) is 0.300. The van der Waals surface area contributed by atoms with Crippen LogP contribution in [0.2, 0.25) is 5.02 Å². The van der Waals surface area contributed by atoms with Crippen molar-refractivity contribution in [1.82, 2.24) is 19.1 Å². The summed E-state index contributed by atoms with van der Waals surface area (Å²) >= 11 is 6.31. The highest BCUT2D eigenvalue weighted by Crippen LogP contribution is 2.45. The highest BCUT2D eigenvalue weighted by atomic mass is 35.5. The second-order valence-electron chi connectivity index (χ2n) is 8.59. The number of halogens is 4. The molecular formula is C20H20ClF3N6O2S. The molecule has 0 unspecified atom stereocenters. The molecule has 0 bridgehead atoms. The Kier molecular flexibility index (Phi) is 5.19. The van der Waals surface area contributed by atoms with Gasteiger partial charge in [0.25, 0.3) is 0 Å². The fourth-order valence-electron chi connectivity index (χ4n) is 3.80. The predicted octanol–water partition coefficient (Wildman–Crippen LogP) is 4.07. The highest BCUT2D eigenvalue weighted by Gasteiger charge is 2.42. The number of fused-ring (bicyclic) bond motifs is 1. The molecule has 0 amide bonds. The molecule has 0 aliphatic carbocycles. The van der Waals surface area contributed by atoms with E-state index in [0.29, 0.717) is 5.56 Å². The van der Waals surface area contributed by atoms with E-state index in [4.69, 9.17) is 23.1 Å². The zero-order valence-electron chi connectivity index (χ0n) is 17.8. The molecule has 0 saturated heterocycles. The summed E-state index contributed by atoms with van der Waals surface area (Å²) in [5.74, 6) is -0.427. The molecule has 0 radical (unpaired) electrons. The van der Waals surface area contributed by atoms with E-state index in [1.807, 2.05) is 0 Å². The van der Waals surface area contributed by atoms with Crippen molar-refractivity contribution < 1.29 is 21.6 Å². The smallest absolute Gasteiger partial charge is 0.368 e. The summed E-state index contributed by atoms with van der Waals surface area (Å²) in [7, 11) is -3.89. The Hall–Kier alpha value is -2.83. The van der Waals surface area contributed by atoms with Gasteiger partial charge < -0.3 is 11.5 Å². The first kappa shape index (κ1) is 23.3. The van der Waals surface area contributed by atoms with Crippen molar-refractivity contribution in [2.45, 2.75) is 43.9 Å². The summed E-state index contributed by atoms with van der Waals surface area (Å²) in [4.78, 5) is 3.64. The molecule has 8 nitrogen and oxygen atoms in total. The van der Waals surface area contributed by atoms with E-state index in [1.54, 1.807) is 20.8 Å². The van der Waals surface area contributed by atoms with Crippen molar-refractivity contribution in [3.63, 3.8) is 0 Å². The Morgan fingerprint density at radius 2 is 1.76 bits per heavy atom. The number of hydrogen-bond donors (Lipinski definition) is 2. The number of aromatic nitrogens is 3. The summed E-state index contributed by atoms with van der Waals surface area (Å²) < 4.78 is 70.6. The van der Waals surface area contributed by atoms with Crippen LogP contribution in [0.25, 0.3) is 16.8 Å². The van der Waals surface area contributed by atoms with Gasteiger partial charge in [-0.2, -0.15) is 27.1 Å². The zero-order valence-corrected chi connectivity index (χ0v) is 19.3. The van der Waals surface area contributed by atoms with Gasteiger partial charge in [-0.3, -0.25) is 0 Å². The van der Waals surface area contributed by atoms with Gasteiger partial charge in [-0.1, -0.05) is 23.7 Å². The number of alkyl halides is 3. The van der Waals surface area contributed by atoms with Gasteiger partial charge in [0.15, 0.2) is 0 Å². The Morgan fingerprint density at radius 1 is 1.09 bits per heavy atom. The molecule has 13 heteroatoms. The molecule has 0 saturated carbocycles. The maximum atomic E-state index is 14.1. The van der Waals surface area contributed by atoms with Crippen molar-refractivity contribution in [1.29, 1.82) is 0 Å². The molecule has 1 aliphatic heterocycles. The molecule has 0 spiro atoms. The number of hydrogen-bond acceptors (Lipinski definition) is 6. The zero-order chi connectivity index (χ0) is 24.5. The largest absolute Gasteiger partial charge is 0.417 e. The first-order chi connectivity index (χ1) is 15.1. The third-order valence-corrected chi connectivity index (χ3v) is 7.75. The van der Waals surface area contributed by atoms with E-state index in [-0.39, 0.29) is 45.2 Å². The summed E-state index contributed by atoms with van der Waals surface area (Å²) in [6.07, 6.45) is -4.81. The molecule has 1 aromatic heterocycles. The average molecular weight is 501 g/mol. The molecule has 0 fully saturated rings. The summed E-state index contributed by atoms with van der Waals surface area (Å²) in [5.41, 5.74) is 9.45. The van der Waals surface area contributed by atoms with Gasteiger partial charge in [-0.25, -0.2) is 8.42 Å². The fourth-order valence-corrected chi connectivity index (χ4v) is 6.13. The number of nitrogens with two attached hydrogens (primary N) is 2. The number of sulfonamides is 1. The molecule has 176 valence electrons. The van der Waals surface area contributed by atoms with E-state index in [0.717, 1.165) is 10.7 Å². The molecule has 4 N–H and O–H groups in total.